The van der Waals surface area contributed by atoms with Crippen molar-refractivity contribution < 1.29 is 24.2 Å². The largest absolute Gasteiger partial charge is 0.481 e. The molecule has 1 aliphatic rings. The third kappa shape index (κ3) is 5.11. The second-order valence-electron chi connectivity index (χ2n) is 4.58. The van der Waals surface area contributed by atoms with E-state index in [9.17, 15) is 14.4 Å². The Morgan fingerprint density at radius 1 is 1.33 bits per heavy atom. The van der Waals surface area contributed by atoms with Crippen LogP contribution in [0.25, 0.3) is 0 Å². The minimum absolute atomic E-state index is 0.0683. The Labute approximate surface area is 125 Å². The van der Waals surface area contributed by atoms with Crippen LogP contribution >= 0.6 is 11.8 Å². The first kappa shape index (κ1) is 15.4. The molecule has 1 amide bonds. The highest BCUT2D eigenvalue weighted by molar-refractivity contribution is 8.07. The van der Waals surface area contributed by atoms with Crippen molar-refractivity contribution in [2.45, 2.75) is 24.3 Å². The lowest BCUT2D eigenvalue weighted by Gasteiger charge is -2.15. The van der Waals surface area contributed by atoms with E-state index in [1.807, 2.05) is 18.2 Å². The molecule has 0 aromatic heterocycles. The van der Waals surface area contributed by atoms with Crippen LogP contribution in [-0.2, 0) is 20.9 Å². The van der Waals surface area contributed by atoms with Crippen LogP contribution in [0.15, 0.2) is 30.3 Å². The van der Waals surface area contributed by atoms with Gasteiger partial charge in [-0.25, -0.2) is 4.79 Å². The maximum atomic E-state index is 11.9. The predicted octanol–water partition coefficient (Wildman–Crippen LogP) is 1.44. The van der Waals surface area contributed by atoms with Crippen LogP contribution < -0.4 is 5.32 Å². The molecule has 0 spiro atoms. The zero-order valence-electron chi connectivity index (χ0n) is 11.2. The van der Waals surface area contributed by atoms with Crippen molar-refractivity contribution in [1.29, 1.82) is 0 Å². The van der Waals surface area contributed by atoms with Crippen LogP contribution in [0.1, 0.15) is 12.0 Å². The molecule has 1 aromatic rings. The fraction of sp³-hybridized carbons (Fsp3) is 0.357. The number of benzene rings is 1. The maximum absolute atomic E-state index is 11.9. The normalized spacial score (nSPS) is 17.6. The lowest BCUT2D eigenvalue weighted by atomic mass is 10.1. The van der Waals surface area contributed by atoms with Crippen molar-refractivity contribution in [2.75, 3.05) is 5.75 Å². The zero-order valence-corrected chi connectivity index (χ0v) is 12.0. The molecule has 0 saturated carbocycles. The molecule has 2 atom stereocenters. The lowest BCUT2D eigenvalue weighted by molar-refractivity contribution is -0.139. The van der Waals surface area contributed by atoms with E-state index in [1.54, 1.807) is 12.1 Å². The second kappa shape index (κ2) is 7.12. The highest BCUT2D eigenvalue weighted by Gasteiger charge is 2.37. The number of hydrogen-bond donors (Lipinski definition) is 2. The standard InChI is InChI=1S/C14H15NO5S/c16-12(17)6-10(13(18)11-8-21-11)15-14(19)20-7-9-4-2-1-3-5-9/h1-5,10-11H,6-8H2,(H,15,19)(H,16,17). The van der Waals surface area contributed by atoms with E-state index in [0.29, 0.717) is 5.75 Å². The summed E-state index contributed by atoms with van der Waals surface area (Å²) in [7, 11) is 0. The van der Waals surface area contributed by atoms with E-state index in [-0.39, 0.29) is 17.6 Å². The van der Waals surface area contributed by atoms with Crippen LogP contribution in [-0.4, -0.2) is 40.0 Å². The minimum Gasteiger partial charge on any atom is -0.481 e. The quantitative estimate of drug-likeness (QED) is 0.740. The van der Waals surface area contributed by atoms with Gasteiger partial charge in [-0.3, -0.25) is 9.59 Å². The van der Waals surface area contributed by atoms with E-state index in [0.717, 1.165) is 5.56 Å². The summed E-state index contributed by atoms with van der Waals surface area (Å²) in [5, 5.41) is 10.9. The van der Waals surface area contributed by atoms with Crippen molar-refractivity contribution in [2.24, 2.45) is 0 Å². The molecule has 2 rings (SSSR count). The summed E-state index contributed by atoms with van der Waals surface area (Å²) < 4.78 is 4.99. The third-order valence-corrected chi connectivity index (χ3v) is 3.78. The Morgan fingerprint density at radius 2 is 2.00 bits per heavy atom. The second-order valence-corrected chi connectivity index (χ2v) is 5.82. The van der Waals surface area contributed by atoms with Gasteiger partial charge >= 0.3 is 12.1 Å². The number of aliphatic carboxylic acids is 1. The molecule has 1 heterocycles. The van der Waals surface area contributed by atoms with E-state index in [4.69, 9.17) is 9.84 Å². The van der Waals surface area contributed by atoms with Crippen LogP contribution in [0, 0.1) is 0 Å². The van der Waals surface area contributed by atoms with Gasteiger partial charge in [0.1, 0.15) is 12.6 Å². The van der Waals surface area contributed by atoms with Gasteiger partial charge in [0.15, 0.2) is 5.78 Å². The van der Waals surface area contributed by atoms with E-state index >= 15 is 0 Å². The SMILES string of the molecule is O=C(O)CC(NC(=O)OCc1ccccc1)C(=O)C1CS1. The Balaban J connectivity index is 1.85. The number of carboxylic acid groups (broad SMARTS) is 1. The molecule has 2 unspecified atom stereocenters. The molecule has 1 saturated heterocycles. The van der Waals surface area contributed by atoms with Crippen molar-refractivity contribution in [3.05, 3.63) is 35.9 Å². The average Bonchev–Trinajstić information content (AvgIpc) is 3.29. The number of rotatable bonds is 7. The number of carbonyl (C=O) groups is 3. The summed E-state index contributed by atoms with van der Waals surface area (Å²) in [5.74, 6) is -0.725. The van der Waals surface area contributed by atoms with Gasteiger partial charge in [0.25, 0.3) is 0 Å². The average molecular weight is 309 g/mol. The molecule has 7 heteroatoms. The summed E-state index contributed by atoms with van der Waals surface area (Å²) in [6, 6.07) is 8.04. The zero-order chi connectivity index (χ0) is 15.2. The molecule has 2 N–H and O–H groups in total. The van der Waals surface area contributed by atoms with Gasteiger partial charge in [-0.05, 0) is 5.56 Å². The number of ketones is 1. The van der Waals surface area contributed by atoms with Crippen LogP contribution in [0.3, 0.4) is 0 Å². The molecule has 21 heavy (non-hydrogen) atoms. The molecular formula is C14H15NO5S. The molecule has 0 aliphatic carbocycles. The Hall–Kier alpha value is -2.02. The first-order valence-corrected chi connectivity index (χ1v) is 7.45. The smallest absolute Gasteiger partial charge is 0.408 e. The van der Waals surface area contributed by atoms with Crippen LogP contribution in [0.4, 0.5) is 4.79 Å². The van der Waals surface area contributed by atoms with Gasteiger partial charge in [-0.2, -0.15) is 0 Å². The fourth-order valence-corrected chi connectivity index (χ4v) is 2.33. The summed E-state index contributed by atoms with van der Waals surface area (Å²) in [6.07, 6.45) is -1.22. The highest BCUT2D eigenvalue weighted by Crippen LogP contribution is 2.32. The summed E-state index contributed by atoms with van der Waals surface area (Å²) in [6.45, 7) is 0.0683. The monoisotopic (exact) mass is 309 g/mol. The number of nitrogens with one attached hydrogen (secondary N) is 1. The van der Waals surface area contributed by atoms with Gasteiger partial charge in [0.05, 0.1) is 11.7 Å². The highest BCUT2D eigenvalue weighted by atomic mass is 32.2. The third-order valence-electron chi connectivity index (χ3n) is 2.88. The van der Waals surface area contributed by atoms with Gasteiger partial charge in [-0.15, -0.1) is 11.8 Å². The van der Waals surface area contributed by atoms with Crippen LogP contribution in [0.2, 0.25) is 0 Å². The van der Waals surface area contributed by atoms with Crippen molar-refractivity contribution in [1.82, 2.24) is 5.32 Å². The van der Waals surface area contributed by atoms with Crippen LogP contribution in [0.5, 0.6) is 0 Å². The van der Waals surface area contributed by atoms with E-state index in [2.05, 4.69) is 5.32 Å². The summed E-state index contributed by atoms with van der Waals surface area (Å²) in [4.78, 5) is 34.3. The molecule has 112 valence electrons. The van der Waals surface area contributed by atoms with Gasteiger partial charge < -0.3 is 15.2 Å². The molecule has 1 aliphatic heterocycles. The van der Waals surface area contributed by atoms with Crippen molar-refractivity contribution in [3.8, 4) is 0 Å². The number of hydrogen-bond acceptors (Lipinski definition) is 5. The topological polar surface area (TPSA) is 92.7 Å². The summed E-state index contributed by atoms with van der Waals surface area (Å²) in [5.41, 5.74) is 0.812. The molecule has 1 aromatic carbocycles. The Kier molecular flexibility index (Phi) is 5.21. The van der Waals surface area contributed by atoms with Gasteiger partial charge in [-0.1, -0.05) is 30.3 Å². The number of Topliss-reactive ketones (excluding diaryl/α,β-unsaturated/α-hetero) is 1. The molecule has 1 fully saturated rings. The fourth-order valence-electron chi connectivity index (χ4n) is 1.74. The summed E-state index contributed by atoms with van der Waals surface area (Å²) >= 11 is 1.43. The maximum Gasteiger partial charge on any atom is 0.408 e. The van der Waals surface area contributed by atoms with E-state index < -0.39 is 24.5 Å². The first-order valence-electron chi connectivity index (χ1n) is 6.40. The van der Waals surface area contributed by atoms with Gasteiger partial charge in [0, 0.05) is 5.75 Å². The van der Waals surface area contributed by atoms with Crippen molar-refractivity contribution >= 4 is 29.6 Å². The Bertz CT molecular complexity index is 529. The Morgan fingerprint density at radius 3 is 2.57 bits per heavy atom. The molecule has 6 nitrogen and oxygen atoms in total. The molecule has 0 bridgehead atoms. The number of thioether (sulfide) groups is 1. The molecule has 0 radical (unpaired) electrons. The van der Waals surface area contributed by atoms with E-state index in [1.165, 1.54) is 11.8 Å². The number of amides is 1. The number of carbonyl (C=O) groups excluding carboxylic acids is 2. The predicted molar refractivity (Wildman–Crippen MR) is 77.1 cm³/mol. The van der Waals surface area contributed by atoms with Gasteiger partial charge in [0.2, 0.25) is 0 Å². The number of alkyl carbamates (subject to hydrolysis) is 1. The number of carboxylic acids is 1. The number of ether oxygens (including phenoxy) is 1. The lowest BCUT2D eigenvalue weighted by Crippen LogP contribution is -2.44. The molecular weight excluding hydrogens is 294 g/mol. The van der Waals surface area contributed by atoms with Crippen molar-refractivity contribution in [3.63, 3.8) is 0 Å². The first-order chi connectivity index (χ1) is 10.1. The minimum atomic E-state index is -1.14.